The Morgan fingerprint density at radius 1 is 0.971 bits per heavy atom. The zero-order chi connectivity index (χ0) is 24.1. The first-order valence-electron chi connectivity index (χ1n) is 10.7. The third kappa shape index (κ3) is 3.85. The maximum atomic E-state index is 13.2. The minimum atomic E-state index is -0.760. The van der Waals surface area contributed by atoms with Gasteiger partial charge in [0.25, 0.3) is 5.91 Å². The van der Waals surface area contributed by atoms with Gasteiger partial charge in [-0.15, -0.1) is 23.2 Å². The van der Waals surface area contributed by atoms with Gasteiger partial charge in [0.15, 0.2) is 6.61 Å². The molecule has 7 nitrogen and oxygen atoms in total. The smallest absolute Gasteiger partial charge is 0.338 e. The summed E-state index contributed by atoms with van der Waals surface area (Å²) in [5, 5.41) is 2.35. The van der Waals surface area contributed by atoms with E-state index in [9.17, 15) is 19.2 Å². The van der Waals surface area contributed by atoms with Crippen molar-refractivity contribution >= 4 is 69.9 Å². The van der Waals surface area contributed by atoms with Crippen LogP contribution in [0.3, 0.4) is 0 Å². The van der Waals surface area contributed by atoms with Crippen LogP contribution < -0.4 is 10.2 Å². The number of ether oxygens (including phenoxy) is 1. The molecule has 2 saturated carbocycles. The Kier molecular flexibility index (Phi) is 6.04. The summed E-state index contributed by atoms with van der Waals surface area (Å²) in [4.78, 5) is 52.1. The number of esters is 1. The Labute approximate surface area is 210 Å². The van der Waals surface area contributed by atoms with Crippen LogP contribution in [0.5, 0.6) is 0 Å². The van der Waals surface area contributed by atoms with Gasteiger partial charge in [-0.2, -0.15) is 0 Å². The summed E-state index contributed by atoms with van der Waals surface area (Å²) in [6.45, 7) is -0.515. The number of nitrogens with zero attached hydrogens (tertiary/aromatic N) is 1. The number of fused-ring (bicyclic) bond motifs is 5. The first-order chi connectivity index (χ1) is 16.3. The van der Waals surface area contributed by atoms with Crippen LogP contribution in [-0.2, 0) is 19.1 Å². The molecule has 0 radical (unpaired) electrons. The van der Waals surface area contributed by atoms with Gasteiger partial charge in [-0.3, -0.25) is 19.3 Å². The molecule has 34 heavy (non-hydrogen) atoms. The fourth-order valence-corrected chi connectivity index (χ4v) is 6.44. The molecule has 0 unspecified atom stereocenters. The van der Waals surface area contributed by atoms with Crippen molar-refractivity contribution in [2.45, 2.75) is 17.2 Å². The van der Waals surface area contributed by atoms with Crippen molar-refractivity contribution in [3.05, 3.63) is 59.1 Å². The lowest BCUT2D eigenvalue weighted by atomic mass is 9.80. The van der Waals surface area contributed by atoms with Crippen molar-refractivity contribution in [1.82, 2.24) is 0 Å². The van der Waals surface area contributed by atoms with Gasteiger partial charge in [0.2, 0.25) is 11.8 Å². The molecule has 3 fully saturated rings. The standard InChI is InChI=1S/C24H19Cl3N2O5/c25-12-4-2-5-13(8-12)28-17(30)10-34-24(33)11-3-1-6-14(7-11)29-22(31)18-15-9-16(19(18)23(29)32)21(27)20(15)26/h1-8,15-16,18-21H,9-10H2,(H,28,30)/t15-,16-,18-,19-,20-,21+/m1/s1. The lowest BCUT2D eigenvalue weighted by Gasteiger charge is -2.28. The topological polar surface area (TPSA) is 92.8 Å². The number of benzene rings is 2. The third-order valence-corrected chi connectivity index (χ3v) is 8.32. The van der Waals surface area contributed by atoms with Crippen molar-refractivity contribution in [2.24, 2.45) is 23.7 Å². The summed E-state index contributed by atoms with van der Waals surface area (Å²) >= 11 is 18.7. The first-order valence-corrected chi connectivity index (χ1v) is 12.0. The van der Waals surface area contributed by atoms with E-state index in [4.69, 9.17) is 39.5 Å². The molecule has 10 heteroatoms. The minimum absolute atomic E-state index is 0.110. The van der Waals surface area contributed by atoms with Crippen LogP contribution in [0, 0.1) is 23.7 Å². The van der Waals surface area contributed by atoms with Gasteiger partial charge in [-0.1, -0.05) is 23.7 Å². The lowest BCUT2D eigenvalue weighted by Crippen LogP contribution is -2.37. The van der Waals surface area contributed by atoms with Gasteiger partial charge in [0.05, 0.1) is 33.8 Å². The Bertz CT molecular complexity index is 1170. The number of anilines is 2. The van der Waals surface area contributed by atoms with Gasteiger partial charge >= 0.3 is 5.97 Å². The molecule has 2 aliphatic carbocycles. The van der Waals surface area contributed by atoms with Crippen molar-refractivity contribution in [3.8, 4) is 0 Å². The number of nitrogens with one attached hydrogen (secondary N) is 1. The number of amides is 3. The van der Waals surface area contributed by atoms with E-state index in [1.807, 2.05) is 0 Å². The van der Waals surface area contributed by atoms with Gasteiger partial charge in [-0.05, 0) is 54.7 Å². The Hall–Kier alpha value is -2.61. The number of hydrogen-bond acceptors (Lipinski definition) is 5. The Balaban J connectivity index is 1.27. The number of halogens is 3. The predicted octanol–water partition coefficient (Wildman–Crippen LogP) is 4.11. The maximum Gasteiger partial charge on any atom is 0.338 e. The highest BCUT2D eigenvalue weighted by molar-refractivity contribution is 6.32. The average molecular weight is 522 g/mol. The van der Waals surface area contributed by atoms with Crippen LogP contribution >= 0.6 is 34.8 Å². The van der Waals surface area contributed by atoms with Crippen molar-refractivity contribution in [2.75, 3.05) is 16.8 Å². The molecule has 3 aliphatic rings. The number of carbonyl (C=O) groups is 4. The summed E-state index contributed by atoms with van der Waals surface area (Å²) in [5.74, 6) is -3.17. The molecule has 0 aromatic heterocycles. The summed E-state index contributed by atoms with van der Waals surface area (Å²) in [6, 6.07) is 12.6. The molecule has 176 valence electrons. The van der Waals surface area contributed by atoms with E-state index < -0.39 is 30.3 Å². The monoisotopic (exact) mass is 520 g/mol. The van der Waals surface area contributed by atoms with Gasteiger partial charge in [-0.25, -0.2) is 4.79 Å². The molecule has 1 heterocycles. The van der Waals surface area contributed by atoms with E-state index in [-0.39, 0.29) is 45.7 Å². The highest BCUT2D eigenvalue weighted by Crippen LogP contribution is 2.59. The molecule has 1 N–H and O–H groups in total. The molecule has 6 atom stereocenters. The Morgan fingerprint density at radius 2 is 1.62 bits per heavy atom. The van der Waals surface area contributed by atoms with Crippen molar-refractivity contribution < 1.29 is 23.9 Å². The first kappa shape index (κ1) is 23.1. The van der Waals surface area contributed by atoms with Gasteiger partial charge < -0.3 is 10.1 Å². The van der Waals surface area contributed by atoms with E-state index in [1.165, 1.54) is 12.1 Å². The Morgan fingerprint density at radius 3 is 2.26 bits per heavy atom. The number of carbonyl (C=O) groups excluding carboxylic acids is 4. The molecule has 0 spiro atoms. The molecule has 5 rings (SSSR count). The zero-order valence-electron chi connectivity index (χ0n) is 17.6. The van der Waals surface area contributed by atoms with E-state index >= 15 is 0 Å². The van der Waals surface area contributed by atoms with Crippen molar-refractivity contribution in [3.63, 3.8) is 0 Å². The summed E-state index contributed by atoms with van der Waals surface area (Å²) in [5.41, 5.74) is 0.859. The summed E-state index contributed by atoms with van der Waals surface area (Å²) < 4.78 is 5.10. The van der Waals surface area contributed by atoms with E-state index in [0.717, 1.165) is 4.90 Å². The van der Waals surface area contributed by atoms with Crippen LogP contribution in [0.1, 0.15) is 16.8 Å². The lowest BCUT2D eigenvalue weighted by molar-refractivity contribution is -0.123. The van der Waals surface area contributed by atoms with Gasteiger partial charge in [0.1, 0.15) is 0 Å². The molecule has 2 aromatic carbocycles. The van der Waals surface area contributed by atoms with Gasteiger partial charge in [0, 0.05) is 10.7 Å². The second-order valence-electron chi connectivity index (χ2n) is 8.70. The number of rotatable bonds is 5. The fourth-order valence-electron chi connectivity index (χ4n) is 5.35. The third-order valence-electron chi connectivity index (χ3n) is 6.77. The van der Waals surface area contributed by atoms with E-state index in [1.54, 1.807) is 36.4 Å². The van der Waals surface area contributed by atoms with Crippen LogP contribution in [0.4, 0.5) is 11.4 Å². The van der Waals surface area contributed by atoms with E-state index in [2.05, 4.69) is 5.32 Å². The number of imide groups is 1. The quantitative estimate of drug-likeness (QED) is 0.363. The molecular weight excluding hydrogens is 503 g/mol. The molecule has 1 aliphatic heterocycles. The van der Waals surface area contributed by atoms with Crippen LogP contribution in [0.2, 0.25) is 5.02 Å². The largest absolute Gasteiger partial charge is 0.452 e. The molecule has 2 bridgehead atoms. The molecule has 2 aromatic rings. The maximum absolute atomic E-state index is 13.2. The highest BCUT2D eigenvalue weighted by atomic mass is 35.5. The molecule has 1 saturated heterocycles. The second-order valence-corrected chi connectivity index (χ2v) is 10.1. The predicted molar refractivity (Wildman–Crippen MR) is 127 cm³/mol. The van der Waals surface area contributed by atoms with Crippen LogP contribution in [0.15, 0.2) is 48.5 Å². The molecular formula is C24H19Cl3N2O5. The SMILES string of the molecule is O=C(COC(=O)c1cccc(N2C(=O)[C@@H]3[C@H]4C[C@@H]([C@@H](Cl)[C@H]4Cl)[C@H]3C2=O)c1)Nc1cccc(Cl)c1. The van der Waals surface area contributed by atoms with Crippen LogP contribution in [0.25, 0.3) is 0 Å². The minimum Gasteiger partial charge on any atom is -0.452 e. The number of alkyl halides is 2. The van der Waals surface area contributed by atoms with Crippen LogP contribution in [-0.4, -0.2) is 41.1 Å². The normalized spacial score (nSPS) is 29.3. The summed E-state index contributed by atoms with van der Waals surface area (Å²) in [7, 11) is 0. The number of hydrogen-bond donors (Lipinski definition) is 1. The highest BCUT2D eigenvalue weighted by Gasteiger charge is 2.66. The second kappa shape index (κ2) is 8.87. The van der Waals surface area contributed by atoms with E-state index in [0.29, 0.717) is 17.1 Å². The molecule has 3 amide bonds. The van der Waals surface area contributed by atoms with Crippen molar-refractivity contribution in [1.29, 1.82) is 0 Å². The fraction of sp³-hybridized carbons (Fsp3) is 0.333. The zero-order valence-corrected chi connectivity index (χ0v) is 19.9. The summed E-state index contributed by atoms with van der Waals surface area (Å²) in [6.07, 6.45) is 0.673. The average Bonchev–Trinajstić information content (AvgIpc) is 3.42.